The SMILES string of the molecule is CCOC(CC)CNC(=O)c1cc2ccccc2n(C)c1=O. The Morgan fingerprint density at radius 3 is 2.73 bits per heavy atom. The van der Waals surface area contributed by atoms with Crippen LogP contribution in [0.25, 0.3) is 10.9 Å². The van der Waals surface area contributed by atoms with E-state index in [4.69, 9.17) is 4.74 Å². The third-order valence-corrected chi connectivity index (χ3v) is 3.73. The van der Waals surface area contributed by atoms with Crippen molar-refractivity contribution >= 4 is 16.8 Å². The molecule has 1 unspecified atom stereocenters. The number of carbonyl (C=O) groups is 1. The fourth-order valence-corrected chi connectivity index (χ4v) is 2.44. The summed E-state index contributed by atoms with van der Waals surface area (Å²) in [5.74, 6) is -0.357. The molecule has 0 aliphatic heterocycles. The molecule has 1 heterocycles. The molecule has 0 bridgehead atoms. The highest BCUT2D eigenvalue weighted by molar-refractivity contribution is 5.97. The van der Waals surface area contributed by atoms with E-state index >= 15 is 0 Å². The quantitative estimate of drug-likeness (QED) is 0.889. The van der Waals surface area contributed by atoms with Gasteiger partial charge in [-0.2, -0.15) is 0 Å². The summed E-state index contributed by atoms with van der Waals surface area (Å²) in [5, 5.41) is 3.66. The van der Waals surface area contributed by atoms with Crippen molar-refractivity contribution < 1.29 is 9.53 Å². The Morgan fingerprint density at radius 1 is 1.32 bits per heavy atom. The molecule has 118 valence electrons. The number of rotatable bonds is 6. The fraction of sp³-hybridized carbons (Fsp3) is 0.412. The zero-order valence-electron chi connectivity index (χ0n) is 13.3. The first-order valence-corrected chi connectivity index (χ1v) is 7.57. The lowest BCUT2D eigenvalue weighted by Crippen LogP contribution is -2.37. The molecule has 2 rings (SSSR count). The molecule has 0 radical (unpaired) electrons. The van der Waals surface area contributed by atoms with E-state index in [0.717, 1.165) is 17.3 Å². The Hall–Kier alpha value is -2.14. The number of carbonyl (C=O) groups excluding carboxylic acids is 1. The molecule has 22 heavy (non-hydrogen) atoms. The number of aromatic nitrogens is 1. The van der Waals surface area contributed by atoms with E-state index in [1.807, 2.05) is 38.1 Å². The molecular formula is C17H22N2O3. The maximum Gasteiger partial charge on any atom is 0.263 e. The number of pyridine rings is 1. The summed E-state index contributed by atoms with van der Waals surface area (Å²) in [6.45, 7) is 4.93. The average Bonchev–Trinajstić information content (AvgIpc) is 2.54. The zero-order chi connectivity index (χ0) is 16.1. The van der Waals surface area contributed by atoms with Gasteiger partial charge in [-0.3, -0.25) is 9.59 Å². The van der Waals surface area contributed by atoms with Gasteiger partial charge < -0.3 is 14.6 Å². The first-order chi connectivity index (χ1) is 10.6. The van der Waals surface area contributed by atoms with E-state index in [0.29, 0.717) is 13.2 Å². The van der Waals surface area contributed by atoms with Gasteiger partial charge in [0.15, 0.2) is 0 Å². The van der Waals surface area contributed by atoms with Crippen LogP contribution in [0.15, 0.2) is 35.1 Å². The van der Waals surface area contributed by atoms with E-state index in [9.17, 15) is 9.59 Å². The standard InChI is InChI=1S/C17H22N2O3/c1-4-13(22-5-2)11-18-16(20)14-10-12-8-6-7-9-15(12)19(3)17(14)21/h6-10,13H,4-5,11H2,1-3H3,(H,18,20). The molecule has 5 heteroatoms. The predicted molar refractivity (Wildman–Crippen MR) is 87.2 cm³/mol. The van der Waals surface area contributed by atoms with Gasteiger partial charge in [0.2, 0.25) is 0 Å². The van der Waals surface area contributed by atoms with Gasteiger partial charge in [0.25, 0.3) is 11.5 Å². The molecule has 2 aromatic rings. The molecular weight excluding hydrogens is 280 g/mol. The molecule has 1 aromatic heterocycles. The van der Waals surface area contributed by atoms with Crippen molar-refractivity contribution in [2.45, 2.75) is 26.4 Å². The van der Waals surface area contributed by atoms with Gasteiger partial charge in [-0.05, 0) is 30.9 Å². The van der Waals surface area contributed by atoms with Gasteiger partial charge in [0, 0.05) is 20.2 Å². The minimum absolute atomic E-state index is 0.0294. The number of para-hydroxylation sites is 1. The summed E-state index contributed by atoms with van der Waals surface area (Å²) in [6, 6.07) is 9.15. The van der Waals surface area contributed by atoms with Crippen LogP contribution in [-0.2, 0) is 11.8 Å². The fourth-order valence-electron chi connectivity index (χ4n) is 2.44. The second-order valence-corrected chi connectivity index (χ2v) is 5.18. The summed E-state index contributed by atoms with van der Waals surface area (Å²) in [4.78, 5) is 24.6. The van der Waals surface area contributed by atoms with Crippen LogP contribution in [0.3, 0.4) is 0 Å². The lowest BCUT2D eigenvalue weighted by molar-refractivity contribution is 0.0568. The summed E-state index contributed by atoms with van der Waals surface area (Å²) < 4.78 is 7.01. The minimum atomic E-state index is -0.357. The van der Waals surface area contributed by atoms with Gasteiger partial charge in [-0.15, -0.1) is 0 Å². The Morgan fingerprint density at radius 2 is 2.05 bits per heavy atom. The van der Waals surface area contributed by atoms with Gasteiger partial charge >= 0.3 is 0 Å². The van der Waals surface area contributed by atoms with Crippen LogP contribution in [0, 0.1) is 0 Å². The number of hydrogen-bond acceptors (Lipinski definition) is 3. The number of aryl methyl sites for hydroxylation is 1. The van der Waals surface area contributed by atoms with Gasteiger partial charge in [-0.1, -0.05) is 25.1 Å². The van der Waals surface area contributed by atoms with Crippen LogP contribution in [0.2, 0.25) is 0 Å². The van der Waals surface area contributed by atoms with Crippen molar-refractivity contribution in [2.24, 2.45) is 7.05 Å². The highest BCUT2D eigenvalue weighted by Crippen LogP contribution is 2.12. The van der Waals surface area contributed by atoms with Crippen LogP contribution in [-0.4, -0.2) is 29.7 Å². The molecule has 0 aliphatic carbocycles. The van der Waals surface area contributed by atoms with Gasteiger partial charge in [0.05, 0.1) is 11.6 Å². The lowest BCUT2D eigenvalue weighted by atomic mass is 10.1. The van der Waals surface area contributed by atoms with Crippen LogP contribution in [0.4, 0.5) is 0 Å². The Balaban J connectivity index is 2.25. The summed E-state index contributed by atoms with van der Waals surface area (Å²) in [7, 11) is 1.68. The molecule has 0 aliphatic rings. The second kappa shape index (κ2) is 7.22. The summed E-state index contributed by atoms with van der Waals surface area (Å²) in [5.41, 5.74) is 0.679. The predicted octanol–water partition coefficient (Wildman–Crippen LogP) is 2.08. The molecule has 1 amide bonds. The van der Waals surface area contributed by atoms with E-state index in [1.165, 1.54) is 4.57 Å². The highest BCUT2D eigenvalue weighted by atomic mass is 16.5. The van der Waals surface area contributed by atoms with Crippen molar-refractivity contribution in [1.29, 1.82) is 0 Å². The number of nitrogens with one attached hydrogen (secondary N) is 1. The van der Waals surface area contributed by atoms with Crippen LogP contribution in [0.5, 0.6) is 0 Å². The van der Waals surface area contributed by atoms with Crippen LogP contribution in [0.1, 0.15) is 30.6 Å². The summed E-state index contributed by atoms with van der Waals surface area (Å²) >= 11 is 0. The van der Waals surface area contributed by atoms with Crippen molar-refractivity contribution in [3.63, 3.8) is 0 Å². The van der Waals surface area contributed by atoms with Crippen molar-refractivity contribution in [2.75, 3.05) is 13.2 Å². The number of hydrogen-bond donors (Lipinski definition) is 1. The first kappa shape index (κ1) is 16.2. The minimum Gasteiger partial charge on any atom is -0.377 e. The van der Waals surface area contributed by atoms with Gasteiger partial charge in [0.1, 0.15) is 5.56 Å². The molecule has 1 atom stereocenters. The topological polar surface area (TPSA) is 60.3 Å². The van der Waals surface area contributed by atoms with Crippen molar-refractivity contribution in [3.05, 3.63) is 46.2 Å². The maximum absolute atomic E-state index is 12.3. The Kier molecular flexibility index (Phi) is 5.33. The largest absolute Gasteiger partial charge is 0.377 e. The molecule has 0 spiro atoms. The molecule has 5 nitrogen and oxygen atoms in total. The molecule has 1 aromatic carbocycles. The van der Waals surface area contributed by atoms with E-state index < -0.39 is 0 Å². The van der Waals surface area contributed by atoms with E-state index in [-0.39, 0.29) is 23.1 Å². The van der Waals surface area contributed by atoms with Crippen molar-refractivity contribution in [1.82, 2.24) is 9.88 Å². The maximum atomic E-state index is 12.3. The molecule has 0 saturated carbocycles. The highest BCUT2D eigenvalue weighted by Gasteiger charge is 2.15. The molecule has 1 N–H and O–H groups in total. The second-order valence-electron chi connectivity index (χ2n) is 5.18. The van der Waals surface area contributed by atoms with E-state index in [1.54, 1.807) is 13.1 Å². The smallest absolute Gasteiger partial charge is 0.263 e. The third kappa shape index (κ3) is 3.36. The van der Waals surface area contributed by atoms with Crippen molar-refractivity contribution in [3.8, 4) is 0 Å². The first-order valence-electron chi connectivity index (χ1n) is 7.57. The van der Waals surface area contributed by atoms with Crippen LogP contribution < -0.4 is 10.9 Å². The number of fused-ring (bicyclic) bond motifs is 1. The normalized spacial score (nSPS) is 12.3. The number of amides is 1. The van der Waals surface area contributed by atoms with Crippen LogP contribution >= 0.6 is 0 Å². The molecule has 0 fully saturated rings. The number of benzene rings is 1. The average molecular weight is 302 g/mol. The number of ether oxygens (including phenoxy) is 1. The lowest BCUT2D eigenvalue weighted by Gasteiger charge is -2.16. The zero-order valence-corrected chi connectivity index (χ0v) is 13.3. The van der Waals surface area contributed by atoms with E-state index in [2.05, 4.69) is 5.32 Å². The molecule has 0 saturated heterocycles. The monoisotopic (exact) mass is 302 g/mol. The third-order valence-electron chi connectivity index (χ3n) is 3.73. The number of nitrogens with zero attached hydrogens (tertiary/aromatic N) is 1. The van der Waals surface area contributed by atoms with Gasteiger partial charge in [-0.25, -0.2) is 0 Å². The summed E-state index contributed by atoms with van der Waals surface area (Å²) in [6.07, 6.45) is 0.780. The Bertz CT molecular complexity index is 721. The Labute approximate surface area is 129 Å².